The molecule has 0 spiro atoms. The van der Waals surface area contributed by atoms with Gasteiger partial charge in [0.1, 0.15) is 5.75 Å². The number of rotatable bonds is 8. The topological polar surface area (TPSA) is 33.3 Å². The van der Waals surface area contributed by atoms with E-state index in [1.165, 1.54) is 5.56 Å². The first-order valence-corrected chi connectivity index (χ1v) is 6.30. The van der Waals surface area contributed by atoms with E-state index in [2.05, 4.69) is 36.6 Å². The van der Waals surface area contributed by atoms with Gasteiger partial charge in [-0.05, 0) is 51.6 Å². The van der Waals surface area contributed by atoms with E-state index >= 15 is 0 Å². The van der Waals surface area contributed by atoms with E-state index in [0.717, 1.165) is 31.9 Å². The minimum absolute atomic E-state index is 0.513. The molecule has 1 atom stereocenters. The van der Waals surface area contributed by atoms with E-state index in [9.17, 15) is 0 Å². The third-order valence-electron chi connectivity index (χ3n) is 2.58. The van der Waals surface area contributed by atoms with Crippen molar-refractivity contribution in [2.75, 3.05) is 26.7 Å². The number of benzene rings is 1. The Balaban J connectivity index is 2.08. The van der Waals surface area contributed by atoms with Crippen LogP contribution >= 0.6 is 0 Å². The second kappa shape index (κ2) is 8.09. The lowest BCUT2D eigenvalue weighted by Crippen LogP contribution is -2.35. The standard InChI is InChI=1S/C14H24N2O/c1-12-6-4-7-14(10-12)17-9-5-8-16-13(2)11-15-3/h4,6-7,10,13,15-16H,5,8-9,11H2,1-3H3. The highest BCUT2D eigenvalue weighted by Crippen LogP contribution is 2.12. The lowest BCUT2D eigenvalue weighted by Gasteiger charge is -2.13. The molecule has 1 aromatic rings. The van der Waals surface area contributed by atoms with Crippen molar-refractivity contribution in [3.63, 3.8) is 0 Å². The van der Waals surface area contributed by atoms with Gasteiger partial charge in [-0.25, -0.2) is 0 Å². The fourth-order valence-electron chi connectivity index (χ4n) is 1.69. The van der Waals surface area contributed by atoms with Crippen LogP contribution in [0.15, 0.2) is 24.3 Å². The molecule has 3 nitrogen and oxygen atoms in total. The predicted octanol–water partition coefficient (Wildman–Crippen LogP) is 1.96. The summed E-state index contributed by atoms with van der Waals surface area (Å²) in [5.41, 5.74) is 1.24. The van der Waals surface area contributed by atoms with Crippen molar-refractivity contribution >= 4 is 0 Å². The molecule has 1 aromatic carbocycles. The number of aryl methyl sites for hydroxylation is 1. The smallest absolute Gasteiger partial charge is 0.119 e. The molecule has 0 aliphatic heterocycles. The second-order valence-corrected chi connectivity index (χ2v) is 4.43. The van der Waals surface area contributed by atoms with Gasteiger partial charge in [-0.15, -0.1) is 0 Å². The van der Waals surface area contributed by atoms with Crippen molar-refractivity contribution in [3.05, 3.63) is 29.8 Å². The van der Waals surface area contributed by atoms with E-state index in [0.29, 0.717) is 6.04 Å². The number of ether oxygens (including phenoxy) is 1. The molecule has 0 aliphatic carbocycles. The largest absolute Gasteiger partial charge is 0.494 e. The maximum Gasteiger partial charge on any atom is 0.119 e. The van der Waals surface area contributed by atoms with Crippen molar-refractivity contribution in [2.24, 2.45) is 0 Å². The van der Waals surface area contributed by atoms with E-state index in [1.54, 1.807) is 0 Å². The van der Waals surface area contributed by atoms with Crippen LogP contribution < -0.4 is 15.4 Å². The number of hydrogen-bond acceptors (Lipinski definition) is 3. The molecule has 0 aliphatic rings. The molecule has 0 amide bonds. The van der Waals surface area contributed by atoms with Gasteiger partial charge in [0.2, 0.25) is 0 Å². The lowest BCUT2D eigenvalue weighted by molar-refractivity contribution is 0.305. The molecule has 0 fully saturated rings. The van der Waals surface area contributed by atoms with Crippen LogP contribution in [0, 0.1) is 6.92 Å². The molecule has 2 N–H and O–H groups in total. The first-order valence-electron chi connectivity index (χ1n) is 6.30. The lowest BCUT2D eigenvalue weighted by atomic mass is 10.2. The average molecular weight is 236 g/mol. The highest BCUT2D eigenvalue weighted by atomic mass is 16.5. The zero-order valence-corrected chi connectivity index (χ0v) is 11.1. The Morgan fingerprint density at radius 1 is 1.35 bits per heavy atom. The molecule has 3 heteroatoms. The first-order chi connectivity index (χ1) is 8.22. The van der Waals surface area contributed by atoms with E-state index in [1.807, 2.05) is 19.2 Å². The number of nitrogens with one attached hydrogen (secondary N) is 2. The Kier molecular flexibility index (Phi) is 6.67. The van der Waals surface area contributed by atoms with Crippen LogP contribution in [-0.2, 0) is 0 Å². The predicted molar refractivity (Wildman–Crippen MR) is 72.7 cm³/mol. The quantitative estimate of drug-likeness (QED) is 0.677. The highest BCUT2D eigenvalue weighted by molar-refractivity contribution is 5.27. The van der Waals surface area contributed by atoms with Gasteiger partial charge in [0.25, 0.3) is 0 Å². The molecule has 0 saturated heterocycles. The van der Waals surface area contributed by atoms with Crippen molar-refractivity contribution in [2.45, 2.75) is 26.3 Å². The van der Waals surface area contributed by atoms with Crippen molar-refractivity contribution in [1.29, 1.82) is 0 Å². The van der Waals surface area contributed by atoms with Crippen LogP contribution in [0.4, 0.5) is 0 Å². The minimum Gasteiger partial charge on any atom is -0.494 e. The van der Waals surface area contributed by atoms with Crippen LogP contribution in [0.3, 0.4) is 0 Å². The molecule has 0 radical (unpaired) electrons. The molecule has 0 heterocycles. The van der Waals surface area contributed by atoms with E-state index < -0.39 is 0 Å². The van der Waals surface area contributed by atoms with Crippen molar-refractivity contribution in [1.82, 2.24) is 10.6 Å². The molecule has 0 saturated carbocycles. The monoisotopic (exact) mass is 236 g/mol. The zero-order valence-electron chi connectivity index (χ0n) is 11.1. The Labute approximate surface area is 105 Å². The molecule has 1 unspecified atom stereocenters. The Hall–Kier alpha value is -1.06. The summed E-state index contributed by atoms with van der Waals surface area (Å²) in [6.07, 6.45) is 1.03. The molecule has 1 rings (SSSR count). The minimum atomic E-state index is 0.513. The van der Waals surface area contributed by atoms with Gasteiger partial charge in [0, 0.05) is 12.6 Å². The number of hydrogen-bond donors (Lipinski definition) is 2. The summed E-state index contributed by atoms with van der Waals surface area (Å²) in [5.74, 6) is 0.966. The SMILES string of the molecule is CNCC(C)NCCCOc1cccc(C)c1. The Bertz CT molecular complexity index is 315. The first kappa shape index (κ1) is 14.0. The normalized spacial score (nSPS) is 12.4. The summed E-state index contributed by atoms with van der Waals surface area (Å²) < 4.78 is 5.67. The van der Waals surface area contributed by atoms with Gasteiger partial charge in [-0.2, -0.15) is 0 Å². The summed E-state index contributed by atoms with van der Waals surface area (Å²) in [5, 5.41) is 6.59. The van der Waals surface area contributed by atoms with Gasteiger partial charge in [-0.3, -0.25) is 0 Å². The summed E-state index contributed by atoms with van der Waals surface area (Å²) in [6.45, 7) is 7.02. The van der Waals surface area contributed by atoms with Gasteiger partial charge in [0.15, 0.2) is 0 Å². The van der Waals surface area contributed by atoms with Gasteiger partial charge in [-0.1, -0.05) is 12.1 Å². The molecular weight excluding hydrogens is 212 g/mol. The van der Waals surface area contributed by atoms with E-state index in [-0.39, 0.29) is 0 Å². The third kappa shape index (κ3) is 6.29. The van der Waals surface area contributed by atoms with E-state index in [4.69, 9.17) is 4.74 Å². The van der Waals surface area contributed by atoms with Gasteiger partial charge >= 0.3 is 0 Å². The van der Waals surface area contributed by atoms with Crippen LogP contribution in [0.1, 0.15) is 18.9 Å². The van der Waals surface area contributed by atoms with Crippen LogP contribution in [0.2, 0.25) is 0 Å². The summed E-state index contributed by atoms with van der Waals surface area (Å²) >= 11 is 0. The van der Waals surface area contributed by atoms with Crippen molar-refractivity contribution in [3.8, 4) is 5.75 Å². The van der Waals surface area contributed by atoms with Crippen LogP contribution in [0.25, 0.3) is 0 Å². The molecular formula is C14H24N2O. The summed E-state index contributed by atoms with van der Waals surface area (Å²) in [4.78, 5) is 0. The summed E-state index contributed by atoms with van der Waals surface area (Å²) in [6, 6.07) is 8.69. The zero-order chi connectivity index (χ0) is 12.5. The highest BCUT2D eigenvalue weighted by Gasteiger charge is 1.98. The second-order valence-electron chi connectivity index (χ2n) is 4.43. The summed E-state index contributed by atoms with van der Waals surface area (Å²) in [7, 11) is 1.97. The molecule has 0 aromatic heterocycles. The van der Waals surface area contributed by atoms with Crippen LogP contribution in [0.5, 0.6) is 5.75 Å². The Morgan fingerprint density at radius 3 is 2.88 bits per heavy atom. The average Bonchev–Trinajstić information content (AvgIpc) is 2.29. The molecule has 17 heavy (non-hydrogen) atoms. The van der Waals surface area contributed by atoms with Gasteiger partial charge in [0.05, 0.1) is 6.61 Å². The third-order valence-corrected chi connectivity index (χ3v) is 2.58. The van der Waals surface area contributed by atoms with Gasteiger partial charge < -0.3 is 15.4 Å². The maximum absolute atomic E-state index is 5.67. The number of likely N-dealkylation sites (N-methyl/N-ethyl adjacent to an activating group) is 1. The van der Waals surface area contributed by atoms with Crippen molar-refractivity contribution < 1.29 is 4.74 Å². The molecule has 96 valence electrons. The maximum atomic E-state index is 5.67. The fraction of sp³-hybridized carbons (Fsp3) is 0.571. The Morgan fingerprint density at radius 2 is 2.18 bits per heavy atom. The molecule has 0 bridgehead atoms. The van der Waals surface area contributed by atoms with Crippen LogP contribution in [-0.4, -0.2) is 32.8 Å². The fourth-order valence-corrected chi connectivity index (χ4v) is 1.69.